The van der Waals surface area contributed by atoms with E-state index in [9.17, 15) is 9.90 Å². The molecule has 5 rings (SSSR count). The highest BCUT2D eigenvalue weighted by atomic mass is 35.5. The van der Waals surface area contributed by atoms with Crippen molar-refractivity contribution < 1.29 is 14.6 Å². The maximum atomic E-state index is 12.8. The molecule has 3 aromatic rings. The summed E-state index contributed by atoms with van der Waals surface area (Å²) in [6, 6.07) is 21.6. The zero-order valence-corrected chi connectivity index (χ0v) is 17.8. The van der Waals surface area contributed by atoms with Gasteiger partial charge in [-0.25, -0.2) is 4.79 Å². The molecule has 0 radical (unpaired) electrons. The summed E-state index contributed by atoms with van der Waals surface area (Å²) in [7, 11) is 0. The summed E-state index contributed by atoms with van der Waals surface area (Å²) in [5.74, 6) is 0.250. The zero-order chi connectivity index (χ0) is 21.4. The van der Waals surface area contributed by atoms with Crippen molar-refractivity contribution in [1.29, 1.82) is 0 Å². The molecule has 1 aliphatic heterocycles. The molecule has 0 saturated carbocycles. The Morgan fingerprint density at radius 3 is 2.19 bits per heavy atom. The van der Waals surface area contributed by atoms with Crippen molar-refractivity contribution in [2.24, 2.45) is 0 Å². The molecular weight excluding hydrogens is 412 g/mol. The number of nitrogens with zero attached hydrogens (tertiary/aromatic N) is 2. The Bertz CT molecular complexity index is 1080. The van der Waals surface area contributed by atoms with Gasteiger partial charge in [0.1, 0.15) is 12.4 Å². The molecule has 158 valence electrons. The quantitative estimate of drug-likeness (QED) is 0.621. The highest BCUT2D eigenvalue weighted by molar-refractivity contribution is 6.30. The van der Waals surface area contributed by atoms with Crippen LogP contribution in [0.4, 0.5) is 10.5 Å². The van der Waals surface area contributed by atoms with E-state index in [-0.39, 0.29) is 17.8 Å². The van der Waals surface area contributed by atoms with Gasteiger partial charge in [-0.2, -0.15) is 0 Å². The summed E-state index contributed by atoms with van der Waals surface area (Å²) in [4.78, 5) is 16.5. The van der Waals surface area contributed by atoms with E-state index in [0.717, 1.165) is 0 Å². The van der Waals surface area contributed by atoms with Gasteiger partial charge in [0.25, 0.3) is 0 Å². The van der Waals surface area contributed by atoms with Crippen LogP contribution >= 0.6 is 11.6 Å². The Hall–Kier alpha value is -3.18. The topological polar surface area (TPSA) is 53.0 Å². The summed E-state index contributed by atoms with van der Waals surface area (Å²) in [6.07, 6.45) is -0.295. The first-order chi connectivity index (χ1) is 15.1. The Labute approximate surface area is 186 Å². The predicted molar refractivity (Wildman–Crippen MR) is 122 cm³/mol. The molecule has 0 unspecified atom stereocenters. The molecule has 1 aliphatic carbocycles. The maximum Gasteiger partial charge on any atom is 0.409 e. The molecule has 6 heteroatoms. The fourth-order valence-electron chi connectivity index (χ4n) is 4.57. The molecule has 31 heavy (non-hydrogen) atoms. The molecule has 1 saturated heterocycles. The predicted octanol–water partition coefficient (Wildman–Crippen LogP) is 5.12. The smallest absolute Gasteiger partial charge is 0.409 e. The van der Waals surface area contributed by atoms with Gasteiger partial charge >= 0.3 is 6.09 Å². The van der Waals surface area contributed by atoms with E-state index in [0.29, 0.717) is 43.5 Å². The lowest BCUT2D eigenvalue weighted by Crippen LogP contribution is -2.49. The molecule has 3 aromatic carbocycles. The van der Waals surface area contributed by atoms with Gasteiger partial charge in [-0.3, -0.25) is 0 Å². The highest BCUT2D eigenvalue weighted by Gasteiger charge is 2.30. The minimum Gasteiger partial charge on any atom is -0.506 e. The summed E-state index contributed by atoms with van der Waals surface area (Å²) in [5.41, 5.74) is 5.54. The van der Waals surface area contributed by atoms with E-state index in [1.807, 2.05) is 29.2 Å². The van der Waals surface area contributed by atoms with Crippen LogP contribution in [0.1, 0.15) is 17.0 Å². The average Bonchev–Trinajstić information content (AvgIpc) is 3.13. The van der Waals surface area contributed by atoms with Gasteiger partial charge < -0.3 is 19.6 Å². The maximum absolute atomic E-state index is 12.8. The van der Waals surface area contributed by atoms with E-state index >= 15 is 0 Å². The number of carbonyl (C=O) groups is 1. The van der Waals surface area contributed by atoms with E-state index < -0.39 is 0 Å². The van der Waals surface area contributed by atoms with Gasteiger partial charge in [0.05, 0.1) is 5.69 Å². The highest BCUT2D eigenvalue weighted by Crippen LogP contribution is 2.44. The molecule has 2 aliphatic rings. The number of hydrogen-bond donors (Lipinski definition) is 1. The van der Waals surface area contributed by atoms with Crippen molar-refractivity contribution >= 4 is 23.4 Å². The molecule has 1 fully saturated rings. The van der Waals surface area contributed by atoms with Gasteiger partial charge in [0.15, 0.2) is 0 Å². The second-order valence-corrected chi connectivity index (χ2v) is 8.35. The minimum absolute atomic E-state index is 0.0565. The SMILES string of the molecule is O=C(OCC1c2ccccc2-c2ccccc21)N1CCN(c2cc(Cl)ccc2O)CC1. The summed E-state index contributed by atoms with van der Waals surface area (Å²) >= 11 is 6.07. The molecule has 0 aromatic heterocycles. The van der Waals surface area contributed by atoms with Gasteiger partial charge in [-0.15, -0.1) is 0 Å². The van der Waals surface area contributed by atoms with Crippen LogP contribution < -0.4 is 4.90 Å². The van der Waals surface area contributed by atoms with Crippen LogP contribution in [0, 0.1) is 0 Å². The first kappa shape index (κ1) is 19.8. The van der Waals surface area contributed by atoms with Gasteiger partial charge in [-0.05, 0) is 40.5 Å². The van der Waals surface area contributed by atoms with E-state index in [4.69, 9.17) is 16.3 Å². The fraction of sp³-hybridized carbons (Fsp3) is 0.240. The van der Waals surface area contributed by atoms with Gasteiger partial charge in [0.2, 0.25) is 0 Å². The summed E-state index contributed by atoms with van der Waals surface area (Å²) < 4.78 is 5.76. The second kappa shape index (κ2) is 8.16. The first-order valence-corrected chi connectivity index (χ1v) is 10.8. The number of rotatable bonds is 3. The van der Waals surface area contributed by atoms with Crippen LogP contribution in [0.2, 0.25) is 5.02 Å². The molecule has 1 amide bonds. The van der Waals surface area contributed by atoms with Crippen molar-refractivity contribution in [3.8, 4) is 16.9 Å². The van der Waals surface area contributed by atoms with Crippen molar-refractivity contribution in [1.82, 2.24) is 4.90 Å². The number of ether oxygens (including phenoxy) is 1. The van der Waals surface area contributed by atoms with Crippen LogP contribution in [0.3, 0.4) is 0 Å². The summed E-state index contributed by atoms with van der Waals surface area (Å²) in [6.45, 7) is 2.60. The Morgan fingerprint density at radius 1 is 0.935 bits per heavy atom. The third-order valence-corrected chi connectivity index (χ3v) is 6.39. The minimum atomic E-state index is -0.295. The van der Waals surface area contributed by atoms with Gasteiger partial charge in [0, 0.05) is 37.1 Å². The fourth-order valence-corrected chi connectivity index (χ4v) is 4.73. The number of piperazine rings is 1. The Morgan fingerprint density at radius 2 is 1.55 bits per heavy atom. The van der Waals surface area contributed by atoms with E-state index in [2.05, 4.69) is 24.3 Å². The number of phenols is 1. The van der Waals surface area contributed by atoms with Crippen molar-refractivity contribution in [3.05, 3.63) is 82.9 Å². The van der Waals surface area contributed by atoms with Gasteiger partial charge in [-0.1, -0.05) is 60.1 Å². The van der Waals surface area contributed by atoms with Crippen LogP contribution in [0.25, 0.3) is 11.1 Å². The van der Waals surface area contributed by atoms with Crippen LogP contribution in [-0.4, -0.2) is 48.9 Å². The zero-order valence-electron chi connectivity index (χ0n) is 17.0. The number of anilines is 1. The van der Waals surface area contributed by atoms with Crippen LogP contribution in [-0.2, 0) is 4.74 Å². The molecule has 0 bridgehead atoms. The number of halogens is 1. The number of aromatic hydroxyl groups is 1. The van der Waals surface area contributed by atoms with Crippen molar-refractivity contribution in [2.75, 3.05) is 37.7 Å². The molecular formula is C25H23ClN2O3. The summed E-state index contributed by atoms with van der Waals surface area (Å²) in [5, 5.41) is 10.7. The molecule has 0 atom stereocenters. The molecule has 0 spiro atoms. The standard InChI is InChI=1S/C25H23ClN2O3/c26-17-9-10-24(29)23(15-17)27-11-13-28(14-12-27)25(30)31-16-22-20-7-3-1-5-18(20)19-6-2-4-8-21(19)22/h1-10,15,22,29H,11-14,16H2. The lowest BCUT2D eigenvalue weighted by molar-refractivity contribution is 0.0976. The van der Waals surface area contributed by atoms with Crippen molar-refractivity contribution in [3.63, 3.8) is 0 Å². The molecule has 1 heterocycles. The van der Waals surface area contributed by atoms with Crippen molar-refractivity contribution in [2.45, 2.75) is 5.92 Å². The normalized spacial score (nSPS) is 15.5. The Kier molecular flexibility index (Phi) is 5.20. The average molecular weight is 435 g/mol. The number of amides is 1. The Balaban J connectivity index is 1.23. The number of carbonyl (C=O) groups excluding carboxylic acids is 1. The number of phenolic OH excluding ortho intramolecular Hbond substituents is 1. The third-order valence-electron chi connectivity index (χ3n) is 6.15. The monoisotopic (exact) mass is 434 g/mol. The lowest BCUT2D eigenvalue weighted by atomic mass is 9.98. The van der Waals surface area contributed by atoms with Crippen LogP contribution in [0.15, 0.2) is 66.7 Å². The number of fused-ring (bicyclic) bond motifs is 3. The third kappa shape index (κ3) is 3.70. The largest absolute Gasteiger partial charge is 0.506 e. The molecule has 5 nitrogen and oxygen atoms in total. The lowest BCUT2D eigenvalue weighted by Gasteiger charge is -2.36. The molecule has 1 N–H and O–H groups in total. The van der Waals surface area contributed by atoms with E-state index in [1.165, 1.54) is 22.3 Å². The number of benzene rings is 3. The second-order valence-electron chi connectivity index (χ2n) is 7.91. The first-order valence-electron chi connectivity index (χ1n) is 10.4. The van der Waals surface area contributed by atoms with Crippen LogP contribution in [0.5, 0.6) is 5.75 Å². The van der Waals surface area contributed by atoms with E-state index in [1.54, 1.807) is 23.1 Å². The number of hydrogen-bond acceptors (Lipinski definition) is 4.